The van der Waals surface area contributed by atoms with Crippen molar-refractivity contribution in [2.45, 2.75) is 51.6 Å². The molecule has 1 fully saturated rings. The van der Waals surface area contributed by atoms with Gasteiger partial charge in [0.1, 0.15) is 6.04 Å². The van der Waals surface area contributed by atoms with Gasteiger partial charge in [0.25, 0.3) is 5.91 Å². The Morgan fingerprint density at radius 1 is 1.00 bits per heavy atom. The average molecular weight is 477 g/mol. The van der Waals surface area contributed by atoms with Crippen LogP contribution < -0.4 is 19.7 Å². The van der Waals surface area contributed by atoms with Gasteiger partial charge in [-0.2, -0.15) is 0 Å². The van der Waals surface area contributed by atoms with E-state index in [1.807, 2.05) is 32.0 Å². The van der Waals surface area contributed by atoms with Gasteiger partial charge in [-0.25, -0.2) is 0 Å². The number of anilines is 1. The van der Waals surface area contributed by atoms with Crippen LogP contribution in [0.3, 0.4) is 0 Å². The first-order chi connectivity index (χ1) is 16.9. The minimum absolute atomic E-state index is 0.0712. The third kappa shape index (κ3) is 5.04. The summed E-state index contributed by atoms with van der Waals surface area (Å²) in [5.74, 6) is 0.330. The van der Waals surface area contributed by atoms with E-state index in [1.54, 1.807) is 37.4 Å². The lowest BCUT2D eigenvalue weighted by molar-refractivity contribution is -0.123. The number of hydrogen-bond acceptors (Lipinski definition) is 5. The first kappa shape index (κ1) is 24.4. The minimum Gasteiger partial charge on any atom is -0.493 e. The van der Waals surface area contributed by atoms with Crippen molar-refractivity contribution < 1.29 is 23.5 Å². The van der Waals surface area contributed by atoms with Crippen LogP contribution in [-0.4, -0.2) is 32.1 Å². The van der Waals surface area contributed by atoms with Gasteiger partial charge >= 0.3 is 0 Å². The Kier molecular flexibility index (Phi) is 7.44. The van der Waals surface area contributed by atoms with E-state index < -0.39 is 11.9 Å². The summed E-state index contributed by atoms with van der Waals surface area (Å²) >= 11 is 0. The normalized spacial score (nSPS) is 14.4. The topological polar surface area (TPSA) is 81.0 Å². The Morgan fingerprint density at radius 2 is 1.77 bits per heavy atom. The summed E-state index contributed by atoms with van der Waals surface area (Å²) < 4.78 is 16.7. The van der Waals surface area contributed by atoms with Crippen molar-refractivity contribution in [1.82, 2.24) is 5.32 Å². The third-order valence-corrected chi connectivity index (χ3v) is 6.66. The van der Waals surface area contributed by atoms with Crippen LogP contribution in [0.15, 0.2) is 59.2 Å². The second kappa shape index (κ2) is 10.7. The number of aryl methyl sites for hydroxylation is 2. The molecule has 2 amide bonds. The number of nitrogens with one attached hydrogen (secondary N) is 1. The van der Waals surface area contributed by atoms with Crippen molar-refractivity contribution in [1.29, 1.82) is 0 Å². The van der Waals surface area contributed by atoms with Crippen molar-refractivity contribution in [2.75, 3.05) is 19.1 Å². The SMILES string of the molecule is COc1cccc([C@H](C(=O)NC2CCCC2)N(C(=O)c2ccco2)c2ccc(C)c(C)c2)c1OC. The molecule has 0 saturated heterocycles. The van der Waals surface area contributed by atoms with Crippen molar-refractivity contribution in [3.63, 3.8) is 0 Å². The fourth-order valence-corrected chi connectivity index (χ4v) is 4.65. The van der Waals surface area contributed by atoms with E-state index in [4.69, 9.17) is 13.9 Å². The van der Waals surface area contributed by atoms with Crippen LogP contribution in [0.25, 0.3) is 0 Å². The van der Waals surface area contributed by atoms with E-state index in [2.05, 4.69) is 5.32 Å². The second-order valence-corrected chi connectivity index (χ2v) is 8.90. The molecule has 1 aliphatic rings. The molecule has 7 nitrogen and oxygen atoms in total. The molecule has 2 aromatic carbocycles. The van der Waals surface area contributed by atoms with Gasteiger partial charge in [-0.1, -0.05) is 31.0 Å². The van der Waals surface area contributed by atoms with Crippen molar-refractivity contribution in [3.05, 3.63) is 77.2 Å². The fourth-order valence-electron chi connectivity index (χ4n) is 4.65. The van der Waals surface area contributed by atoms with Crippen LogP contribution in [0.2, 0.25) is 0 Å². The lowest BCUT2D eigenvalue weighted by Gasteiger charge is -2.33. The van der Waals surface area contributed by atoms with Gasteiger partial charge in [-0.05, 0) is 68.1 Å². The van der Waals surface area contributed by atoms with Gasteiger partial charge in [0.2, 0.25) is 5.91 Å². The van der Waals surface area contributed by atoms with E-state index in [-0.39, 0.29) is 17.7 Å². The molecule has 0 bridgehead atoms. The molecule has 1 heterocycles. The number of rotatable bonds is 8. The molecule has 7 heteroatoms. The number of benzene rings is 2. The summed E-state index contributed by atoms with van der Waals surface area (Å²) in [4.78, 5) is 29.4. The number of carbonyl (C=O) groups excluding carboxylic acids is 2. The summed E-state index contributed by atoms with van der Waals surface area (Å²) in [6.07, 6.45) is 5.44. The van der Waals surface area contributed by atoms with E-state index in [0.29, 0.717) is 22.7 Å². The standard InChI is InChI=1S/C28H32N2O5/c1-18-14-15-21(17-19(18)2)30(28(32)24-13-8-16-35-24)25(27(31)29-20-9-5-6-10-20)22-11-7-12-23(33-3)26(22)34-4/h7-8,11-17,20,25H,5-6,9-10H2,1-4H3,(H,29,31)/t25-/m1/s1. The number of methoxy groups -OCH3 is 2. The molecule has 1 N–H and O–H groups in total. The number of amides is 2. The molecular weight excluding hydrogens is 444 g/mol. The molecule has 1 atom stereocenters. The number of furan rings is 1. The van der Waals surface area contributed by atoms with Gasteiger partial charge in [0.05, 0.1) is 20.5 Å². The third-order valence-electron chi connectivity index (χ3n) is 6.66. The van der Waals surface area contributed by atoms with Crippen molar-refractivity contribution in [3.8, 4) is 11.5 Å². The van der Waals surface area contributed by atoms with Gasteiger partial charge in [-0.15, -0.1) is 0 Å². The molecule has 0 radical (unpaired) electrons. The highest BCUT2D eigenvalue weighted by molar-refractivity contribution is 6.09. The average Bonchev–Trinajstić information content (AvgIpc) is 3.58. The van der Waals surface area contributed by atoms with E-state index in [1.165, 1.54) is 18.3 Å². The molecular formula is C28H32N2O5. The number of nitrogens with zero attached hydrogens (tertiary/aromatic N) is 1. The Labute approximate surface area is 206 Å². The lowest BCUT2D eigenvalue weighted by atomic mass is 9.99. The summed E-state index contributed by atoms with van der Waals surface area (Å²) in [6.45, 7) is 3.99. The van der Waals surface area contributed by atoms with Crippen LogP contribution >= 0.6 is 0 Å². The molecule has 184 valence electrons. The predicted octanol–water partition coefficient (Wildman–Crippen LogP) is 5.36. The van der Waals surface area contributed by atoms with E-state index >= 15 is 0 Å². The number of carbonyl (C=O) groups is 2. The van der Waals surface area contributed by atoms with Gasteiger partial charge in [-0.3, -0.25) is 14.5 Å². The highest BCUT2D eigenvalue weighted by atomic mass is 16.5. The molecule has 0 unspecified atom stereocenters. The zero-order chi connectivity index (χ0) is 24.9. The van der Waals surface area contributed by atoms with Crippen LogP contribution in [0.1, 0.15) is 59.0 Å². The van der Waals surface area contributed by atoms with Crippen LogP contribution in [0.5, 0.6) is 11.5 Å². The van der Waals surface area contributed by atoms with Gasteiger partial charge < -0.3 is 19.2 Å². The summed E-state index contributed by atoms with van der Waals surface area (Å²) in [6, 6.07) is 13.4. The minimum atomic E-state index is -1.01. The summed E-state index contributed by atoms with van der Waals surface area (Å²) in [5, 5.41) is 3.18. The maximum Gasteiger partial charge on any atom is 0.294 e. The van der Waals surface area contributed by atoms with Gasteiger partial charge in [0, 0.05) is 17.3 Å². The molecule has 1 aromatic heterocycles. The Bertz CT molecular complexity index is 1180. The highest BCUT2D eigenvalue weighted by Crippen LogP contribution is 2.40. The molecule has 35 heavy (non-hydrogen) atoms. The Hall–Kier alpha value is -3.74. The van der Waals surface area contributed by atoms with Crippen LogP contribution in [-0.2, 0) is 4.79 Å². The van der Waals surface area contributed by atoms with Gasteiger partial charge in [0.15, 0.2) is 17.3 Å². The zero-order valence-electron chi connectivity index (χ0n) is 20.7. The van der Waals surface area contributed by atoms with Crippen molar-refractivity contribution >= 4 is 17.5 Å². The Balaban J connectivity index is 1.91. The van der Waals surface area contributed by atoms with Crippen LogP contribution in [0, 0.1) is 13.8 Å². The molecule has 1 aliphatic carbocycles. The van der Waals surface area contributed by atoms with Crippen molar-refractivity contribution in [2.24, 2.45) is 0 Å². The molecule has 3 aromatic rings. The second-order valence-electron chi connectivity index (χ2n) is 8.90. The van der Waals surface area contributed by atoms with Crippen LogP contribution in [0.4, 0.5) is 5.69 Å². The summed E-state index contributed by atoms with van der Waals surface area (Å²) in [7, 11) is 3.08. The smallest absolute Gasteiger partial charge is 0.294 e. The number of ether oxygens (including phenoxy) is 2. The largest absolute Gasteiger partial charge is 0.493 e. The predicted molar refractivity (Wildman–Crippen MR) is 134 cm³/mol. The monoisotopic (exact) mass is 476 g/mol. The Morgan fingerprint density at radius 3 is 2.40 bits per heavy atom. The molecule has 1 saturated carbocycles. The molecule has 0 aliphatic heterocycles. The number of hydrogen-bond donors (Lipinski definition) is 1. The first-order valence-electron chi connectivity index (χ1n) is 11.9. The maximum atomic E-state index is 14.0. The molecule has 0 spiro atoms. The first-order valence-corrected chi connectivity index (χ1v) is 11.9. The quantitative estimate of drug-likeness (QED) is 0.473. The van der Waals surface area contributed by atoms with E-state index in [0.717, 1.165) is 36.8 Å². The fraction of sp³-hybridized carbons (Fsp3) is 0.357. The summed E-state index contributed by atoms with van der Waals surface area (Å²) in [5.41, 5.74) is 3.21. The maximum absolute atomic E-state index is 14.0. The number of para-hydroxylation sites is 1. The zero-order valence-corrected chi connectivity index (χ0v) is 20.7. The lowest BCUT2D eigenvalue weighted by Crippen LogP contribution is -2.46. The van der Waals surface area contributed by atoms with E-state index in [9.17, 15) is 9.59 Å². The molecule has 4 rings (SSSR count). The highest BCUT2D eigenvalue weighted by Gasteiger charge is 2.38.